The Hall–Kier alpha value is -3.47. The van der Waals surface area contributed by atoms with Gasteiger partial charge in [-0.15, -0.1) is 0 Å². The van der Waals surface area contributed by atoms with Gasteiger partial charge in [0.15, 0.2) is 11.5 Å². The number of nitrogens with zero attached hydrogens (tertiary/aromatic N) is 3. The van der Waals surface area contributed by atoms with Crippen LogP contribution in [-0.2, 0) is 6.61 Å². The molecule has 0 heterocycles. The molecule has 0 aliphatic heterocycles. The lowest BCUT2D eigenvalue weighted by atomic mass is 10.2. The number of azide groups is 1. The van der Waals surface area contributed by atoms with Gasteiger partial charge in [0, 0.05) is 16.0 Å². The van der Waals surface area contributed by atoms with Crippen LogP contribution >= 0.6 is 11.6 Å². The lowest BCUT2D eigenvalue weighted by molar-refractivity contribution is 0.0728. The molecule has 0 saturated heterocycles. The minimum Gasteiger partial charge on any atom is -0.484 e. The molecule has 0 amide bonds. The first kappa shape index (κ1) is 18.3. The van der Waals surface area contributed by atoms with Gasteiger partial charge in [-0.3, -0.25) is 0 Å². The highest BCUT2D eigenvalue weighted by Crippen LogP contribution is 2.41. The molecule has 0 spiro atoms. The maximum Gasteiger partial charge on any atom is 0.343 e. The van der Waals surface area contributed by atoms with E-state index in [4.69, 9.17) is 26.6 Å². The Balaban J connectivity index is 1.93. The molecule has 0 aromatic heterocycles. The molecule has 0 fully saturated rings. The topological polar surface area (TPSA) is 84.3 Å². The first-order valence-corrected chi connectivity index (χ1v) is 8.38. The van der Waals surface area contributed by atoms with Crippen LogP contribution < -0.4 is 9.47 Å². The number of ether oxygens (including phenoxy) is 2. The van der Waals surface area contributed by atoms with E-state index in [2.05, 4.69) is 10.0 Å². The van der Waals surface area contributed by atoms with Gasteiger partial charge < -0.3 is 9.47 Å². The average molecular weight is 380 g/mol. The Morgan fingerprint density at radius 2 is 1.70 bits per heavy atom. The molecule has 3 aromatic carbocycles. The molecule has 0 radical (unpaired) electrons. The van der Waals surface area contributed by atoms with Crippen LogP contribution in [0.4, 0.5) is 5.69 Å². The Kier molecular flexibility index (Phi) is 5.94. The molecule has 0 aliphatic rings. The van der Waals surface area contributed by atoms with E-state index in [9.17, 15) is 4.79 Å². The molecule has 0 aliphatic carbocycles. The van der Waals surface area contributed by atoms with Gasteiger partial charge in [0.25, 0.3) is 0 Å². The SMILES string of the molecule is [N-]=[N+]=Nc1cc(Cl)cc(OC(=O)c2ccccc2)c1OCc1ccccc1. The van der Waals surface area contributed by atoms with Crippen molar-refractivity contribution in [3.05, 3.63) is 99.4 Å². The van der Waals surface area contributed by atoms with E-state index in [0.717, 1.165) is 5.56 Å². The van der Waals surface area contributed by atoms with Crippen LogP contribution in [0.25, 0.3) is 10.4 Å². The van der Waals surface area contributed by atoms with Crippen molar-refractivity contribution in [2.24, 2.45) is 5.11 Å². The summed E-state index contributed by atoms with van der Waals surface area (Å²) in [6.45, 7) is 0.201. The van der Waals surface area contributed by atoms with E-state index >= 15 is 0 Å². The smallest absolute Gasteiger partial charge is 0.343 e. The predicted octanol–water partition coefficient (Wildman–Crippen LogP) is 6.08. The van der Waals surface area contributed by atoms with Gasteiger partial charge in [-0.2, -0.15) is 0 Å². The summed E-state index contributed by atoms with van der Waals surface area (Å²) >= 11 is 6.07. The van der Waals surface area contributed by atoms with Gasteiger partial charge in [0.2, 0.25) is 0 Å². The molecule has 134 valence electrons. The standard InChI is InChI=1S/C20H14ClN3O3/c21-16-11-17(23-24-22)19(26-13-14-7-3-1-4-8-14)18(12-16)27-20(25)15-9-5-2-6-10-15/h1-12H,13H2. The summed E-state index contributed by atoms with van der Waals surface area (Å²) in [6, 6.07) is 20.8. The first-order valence-electron chi connectivity index (χ1n) is 8.00. The van der Waals surface area contributed by atoms with Gasteiger partial charge in [-0.05, 0) is 29.3 Å². The fourth-order valence-corrected chi connectivity index (χ4v) is 2.56. The summed E-state index contributed by atoms with van der Waals surface area (Å²) in [5, 5.41) is 3.85. The summed E-state index contributed by atoms with van der Waals surface area (Å²) in [7, 11) is 0. The Bertz CT molecular complexity index is 988. The zero-order valence-corrected chi connectivity index (χ0v) is 14.8. The second kappa shape index (κ2) is 8.76. The van der Waals surface area contributed by atoms with Crippen molar-refractivity contribution in [1.82, 2.24) is 0 Å². The van der Waals surface area contributed by atoms with Gasteiger partial charge >= 0.3 is 5.97 Å². The van der Waals surface area contributed by atoms with Crippen molar-refractivity contribution < 1.29 is 14.3 Å². The number of esters is 1. The maximum atomic E-state index is 12.4. The average Bonchev–Trinajstić information content (AvgIpc) is 2.69. The molecular formula is C20H14ClN3O3. The van der Waals surface area contributed by atoms with Gasteiger partial charge in [0.1, 0.15) is 6.61 Å². The third-order valence-electron chi connectivity index (χ3n) is 3.59. The number of hydrogen-bond acceptors (Lipinski definition) is 4. The van der Waals surface area contributed by atoms with Crippen LogP contribution in [0.2, 0.25) is 5.02 Å². The number of halogens is 1. The zero-order valence-electron chi connectivity index (χ0n) is 14.1. The molecule has 0 N–H and O–H groups in total. The van der Waals surface area contributed by atoms with E-state index in [0.29, 0.717) is 5.56 Å². The van der Waals surface area contributed by atoms with Crippen LogP contribution in [0.5, 0.6) is 11.5 Å². The molecule has 0 bridgehead atoms. The molecule has 27 heavy (non-hydrogen) atoms. The van der Waals surface area contributed by atoms with E-state index in [-0.39, 0.29) is 28.8 Å². The molecule has 0 unspecified atom stereocenters. The van der Waals surface area contributed by atoms with Gasteiger partial charge in [-0.25, -0.2) is 4.79 Å². The summed E-state index contributed by atoms with van der Waals surface area (Å²) in [5.41, 5.74) is 10.2. The maximum absolute atomic E-state index is 12.4. The fraction of sp³-hybridized carbons (Fsp3) is 0.0500. The number of carbonyl (C=O) groups is 1. The number of hydrogen-bond donors (Lipinski definition) is 0. The van der Waals surface area contributed by atoms with E-state index < -0.39 is 5.97 Å². The summed E-state index contributed by atoms with van der Waals surface area (Å²) < 4.78 is 11.3. The van der Waals surface area contributed by atoms with Crippen molar-refractivity contribution in [1.29, 1.82) is 0 Å². The van der Waals surface area contributed by atoms with E-state index in [1.54, 1.807) is 30.3 Å². The largest absolute Gasteiger partial charge is 0.484 e. The minimum absolute atomic E-state index is 0.0784. The molecule has 6 nitrogen and oxygen atoms in total. The molecule has 3 aromatic rings. The number of benzene rings is 3. The lowest BCUT2D eigenvalue weighted by Crippen LogP contribution is -2.09. The van der Waals surface area contributed by atoms with Crippen LogP contribution in [-0.4, -0.2) is 5.97 Å². The Labute approximate surface area is 160 Å². The molecule has 0 atom stereocenters. The number of rotatable bonds is 6. The van der Waals surface area contributed by atoms with Crippen molar-refractivity contribution in [2.75, 3.05) is 0 Å². The second-order valence-corrected chi connectivity index (χ2v) is 5.91. The summed E-state index contributed by atoms with van der Waals surface area (Å²) in [4.78, 5) is 15.2. The molecule has 0 saturated carbocycles. The predicted molar refractivity (Wildman–Crippen MR) is 102 cm³/mol. The highest BCUT2D eigenvalue weighted by molar-refractivity contribution is 6.31. The van der Waals surface area contributed by atoms with Crippen LogP contribution in [0.1, 0.15) is 15.9 Å². The minimum atomic E-state index is -0.575. The van der Waals surface area contributed by atoms with E-state index in [1.165, 1.54) is 12.1 Å². The lowest BCUT2D eigenvalue weighted by Gasteiger charge is -2.14. The van der Waals surface area contributed by atoms with Crippen molar-refractivity contribution in [3.8, 4) is 11.5 Å². The molecule has 7 heteroatoms. The fourth-order valence-electron chi connectivity index (χ4n) is 2.36. The highest BCUT2D eigenvalue weighted by Gasteiger charge is 2.17. The normalized spacial score (nSPS) is 9.96. The monoisotopic (exact) mass is 379 g/mol. The third-order valence-corrected chi connectivity index (χ3v) is 3.81. The molecular weight excluding hydrogens is 366 g/mol. The van der Waals surface area contributed by atoms with Crippen LogP contribution in [0.15, 0.2) is 77.9 Å². The van der Waals surface area contributed by atoms with Crippen molar-refractivity contribution in [3.63, 3.8) is 0 Å². The second-order valence-electron chi connectivity index (χ2n) is 5.47. The first-order chi connectivity index (χ1) is 13.2. The third kappa shape index (κ3) is 4.79. The van der Waals surface area contributed by atoms with Crippen LogP contribution in [0, 0.1) is 0 Å². The zero-order chi connectivity index (χ0) is 19.1. The van der Waals surface area contributed by atoms with Crippen molar-refractivity contribution in [2.45, 2.75) is 6.61 Å². The van der Waals surface area contributed by atoms with Crippen molar-refractivity contribution >= 4 is 23.3 Å². The highest BCUT2D eigenvalue weighted by atomic mass is 35.5. The Morgan fingerprint density at radius 1 is 1.04 bits per heavy atom. The summed E-state index contributed by atoms with van der Waals surface area (Å²) in [6.07, 6.45) is 0. The van der Waals surface area contributed by atoms with Gasteiger partial charge in [-0.1, -0.05) is 65.2 Å². The summed E-state index contributed by atoms with van der Waals surface area (Å²) in [5.74, 6) is -0.352. The Morgan fingerprint density at radius 3 is 2.37 bits per heavy atom. The van der Waals surface area contributed by atoms with Gasteiger partial charge in [0.05, 0.1) is 11.3 Å². The van der Waals surface area contributed by atoms with E-state index in [1.807, 2.05) is 30.3 Å². The molecule has 3 rings (SSSR count). The quantitative estimate of drug-likeness (QED) is 0.171. The van der Waals surface area contributed by atoms with Crippen LogP contribution in [0.3, 0.4) is 0 Å². The number of carbonyl (C=O) groups excluding carboxylic acids is 1.